The van der Waals surface area contributed by atoms with Gasteiger partial charge in [-0.1, -0.05) is 17.7 Å². The second kappa shape index (κ2) is 7.47. The highest BCUT2D eigenvalue weighted by Gasteiger charge is 2.21. The lowest BCUT2D eigenvalue weighted by Gasteiger charge is -2.36. The zero-order valence-electron chi connectivity index (χ0n) is 12.6. The van der Waals surface area contributed by atoms with Gasteiger partial charge in [-0.3, -0.25) is 9.59 Å². The molecule has 7 heteroatoms. The number of nitrogens with two attached hydrogens (primary N) is 1. The number of anilines is 1. The Kier molecular flexibility index (Phi) is 5.63. The molecule has 1 aliphatic rings. The molecule has 1 aromatic carbocycles. The minimum atomic E-state index is -0.604. The summed E-state index contributed by atoms with van der Waals surface area (Å²) in [5.41, 5.74) is 6.50. The molecule has 22 heavy (non-hydrogen) atoms. The van der Waals surface area contributed by atoms with Crippen molar-refractivity contribution in [1.82, 2.24) is 10.2 Å². The van der Waals surface area contributed by atoms with Crippen LogP contribution in [0.5, 0.6) is 0 Å². The van der Waals surface area contributed by atoms with E-state index in [2.05, 4.69) is 10.2 Å². The first-order valence-electron chi connectivity index (χ1n) is 7.29. The van der Waals surface area contributed by atoms with Crippen molar-refractivity contribution in [3.05, 3.63) is 29.3 Å². The highest BCUT2D eigenvalue weighted by atomic mass is 35.5. The molecule has 1 aliphatic heterocycles. The van der Waals surface area contributed by atoms with Gasteiger partial charge >= 0.3 is 0 Å². The van der Waals surface area contributed by atoms with Gasteiger partial charge in [-0.05, 0) is 25.1 Å². The fourth-order valence-corrected chi connectivity index (χ4v) is 2.51. The number of nitrogens with one attached hydrogen (secondary N) is 1. The summed E-state index contributed by atoms with van der Waals surface area (Å²) in [7, 11) is 0. The quantitative estimate of drug-likeness (QED) is 0.843. The van der Waals surface area contributed by atoms with Crippen molar-refractivity contribution < 1.29 is 9.59 Å². The monoisotopic (exact) mass is 324 g/mol. The van der Waals surface area contributed by atoms with Crippen LogP contribution in [0, 0.1) is 0 Å². The number of rotatable bonds is 4. The second-order valence-electron chi connectivity index (χ2n) is 5.35. The van der Waals surface area contributed by atoms with Crippen LogP contribution in [0.3, 0.4) is 0 Å². The van der Waals surface area contributed by atoms with E-state index < -0.39 is 6.04 Å². The van der Waals surface area contributed by atoms with Gasteiger partial charge in [0.25, 0.3) is 0 Å². The van der Waals surface area contributed by atoms with E-state index in [1.165, 1.54) is 0 Å². The van der Waals surface area contributed by atoms with E-state index in [4.69, 9.17) is 17.3 Å². The zero-order valence-corrected chi connectivity index (χ0v) is 13.3. The molecule has 0 spiro atoms. The van der Waals surface area contributed by atoms with Crippen LogP contribution in [0.25, 0.3) is 0 Å². The van der Waals surface area contributed by atoms with Gasteiger partial charge in [0.05, 0.1) is 12.6 Å². The molecule has 0 saturated carbocycles. The minimum Gasteiger partial charge on any atom is -0.368 e. The second-order valence-corrected chi connectivity index (χ2v) is 5.79. The SMILES string of the molecule is C[C@@H](N)C(=O)NCC(=O)N1CCN(c2cccc(Cl)c2)CC1. The van der Waals surface area contributed by atoms with Crippen molar-refractivity contribution in [2.75, 3.05) is 37.6 Å². The van der Waals surface area contributed by atoms with Gasteiger partial charge in [0, 0.05) is 36.9 Å². The molecule has 6 nitrogen and oxygen atoms in total. The van der Waals surface area contributed by atoms with Crippen LogP contribution in [0.2, 0.25) is 5.02 Å². The highest BCUT2D eigenvalue weighted by Crippen LogP contribution is 2.20. The number of carbonyl (C=O) groups excluding carboxylic acids is 2. The summed E-state index contributed by atoms with van der Waals surface area (Å²) in [6.45, 7) is 4.32. The van der Waals surface area contributed by atoms with Crippen LogP contribution >= 0.6 is 11.6 Å². The molecule has 0 bridgehead atoms. The molecule has 0 radical (unpaired) electrons. The van der Waals surface area contributed by atoms with Gasteiger partial charge in [-0.15, -0.1) is 0 Å². The van der Waals surface area contributed by atoms with Crippen molar-refractivity contribution >= 4 is 29.1 Å². The van der Waals surface area contributed by atoms with Gasteiger partial charge in [0.15, 0.2) is 0 Å². The summed E-state index contributed by atoms with van der Waals surface area (Å²) in [6, 6.07) is 7.08. The van der Waals surface area contributed by atoms with E-state index in [-0.39, 0.29) is 18.4 Å². The van der Waals surface area contributed by atoms with Crippen molar-refractivity contribution in [2.45, 2.75) is 13.0 Å². The first kappa shape index (κ1) is 16.6. The van der Waals surface area contributed by atoms with E-state index in [9.17, 15) is 9.59 Å². The molecule has 3 N–H and O–H groups in total. The number of hydrogen-bond donors (Lipinski definition) is 2. The molecule has 0 aromatic heterocycles. The molecule has 120 valence electrons. The normalized spacial score (nSPS) is 16.3. The maximum absolute atomic E-state index is 12.1. The number of amides is 2. The predicted molar refractivity (Wildman–Crippen MR) is 86.9 cm³/mol. The van der Waals surface area contributed by atoms with Crippen molar-refractivity contribution in [1.29, 1.82) is 0 Å². The molecule has 2 rings (SSSR count). The Bertz CT molecular complexity index is 542. The van der Waals surface area contributed by atoms with Crippen LogP contribution in [-0.2, 0) is 9.59 Å². The summed E-state index contributed by atoms with van der Waals surface area (Å²) < 4.78 is 0. The summed E-state index contributed by atoms with van der Waals surface area (Å²) in [5, 5.41) is 3.25. The topological polar surface area (TPSA) is 78.7 Å². The van der Waals surface area contributed by atoms with E-state index in [1.807, 2.05) is 24.3 Å². The van der Waals surface area contributed by atoms with Gasteiger partial charge in [0.1, 0.15) is 0 Å². The number of halogens is 1. The molecular weight excluding hydrogens is 304 g/mol. The molecular formula is C15H21ClN4O2. The van der Waals surface area contributed by atoms with Gasteiger partial charge < -0.3 is 20.9 Å². The predicted octanol–water partition coefficient (Wildman–Crippen LogP) is 0.452. The highest BCUT2D eigenvalue weighted by molar-refractivity contribution is 6.30. The van der Waals surface area contributed by atoms with Crippen molar-refractivity contribution in [2.24, 2.45) is 5.73 Å². The smallest absolute Gasteiger partial charge is 0.242 e. The number of nitrogens with zero attached hydrogens (tertiary/aromatic N) is 2. The standard InChI is InChI=1S/C15H21ClN4O2/c1-11(17)15(22)18-10-14(21)20-7-5-19(6-8-20)13-4-2-3-12(16)9-13/h2-4,9,11H,5-8,10,17H2,1H3,(H,18,22)/t11-/m1/s1. The van der Waals surface area contributed by atoms with Crippen molar-refractivity contribution in [3.63, 3.8) is 0 Å². The lowest BCUT2D eigenvalue weighted by atomic mass is 10.2. The average molecular weight is 325 g/mol. The number of benzene rings is 1. The number of carbonyl (C=O) groups is 2. The maximum Gasteiger partial charge on any atom is 0.242 e. The van der Waals surface area contributed by atoms with Crippen LogP contribution in [0.15, 0.2) is 24.3 Å². The number of piperazine rings is 1. The molecule has 1 aromatic rings. The van der Waals surface area contributed by atoms with Crippen LogP contribution in [-0.4, -0.2) is 55.5 Å². The van der Waals surface area contributed by atoms with E-state index in [0.29, 0.717) is 18.1 Å². The summed E-state index contributed by atoms with van der Waals surface area (Å²) in [5.74, 6) is -0.398. The van der Waals surface area contributed by atoms with Gasteiger partial charge in [-0.25, -0.2) is 0 Å². The maximum atomic E-state index is 12.1. The first-order valence-corrected chi connectivity index (χ1v) is 7.67. The Hall–Kier alpha value is -1.79. The molecule has 1 saturated heterocycles. The average Bonchev–Trinajstić information content (AvgIpc) is 2.52. The lowest BCUT2D eigenvalue weighted by molar-refractivity contribution is -0.133. The molecule has 0 unspecified atom stereocenters. The summed E-state index contributed by atoms with van der Waals surface area (Å²) in [4.78, 5) is 27.4. The van der Waals surface area contributed by atoms with Crippen LogP contribution < -0.4 is 16.0 Å². The van der Waals surface area contributed by atoms with Crippen LogP contribution in [0.1, 0.15) is 6.92 Å². The Morgan fingerprint density at radius 3 is 2.59 bits per heavy atom. The van der Waals surface area contributed by atoms with Gasteiger partial charge in [-0.2, -0.15) is 0 Å². The third-order valence-electron chi connectivity index (χ3n) is 3.63. The third-order valence-corrected chi connectivity index (χ3v) is 3.87. The fourth-order valence-electron chi connectivity index (χ4n) is 2.32. The zero-order chi connectivity index (χ0) is 16.1. The van der Waals surface area contributed by atoms with E-state index >= 15 is 0 Å². The summed E-state index contributed by atoms with van der Waals surface area (Å²) in [6.07, 6.45) is 0. The fraction of sp³-hybridized carbons (Fsp3) is 0.467. The lowest BCUT2D eigenvalue weighted by Crippen LogP contribution is -2.52. The first-order chi connectivity index (χ1) is 10.5. The minimum absolute atomic E-state index is 0.00244. The molecule has 1 atom stereocenters. The third kappa shape index (κ3) is 4.35. The molecule has 1 heterocycles. The Balaban J connectivity index is 1.81. The van der Waals surface area contributed by atoms with Gasteiger partial charge in [0.2, 0.25) is 11.8 Å². The molecule has 0 aliphatic carbocycles. The molecule has 1 fully saturated rings. The summed E-state index contributed by atoms with van der Waals surface area (Å²) >= 11 is 6.00. The van der Waals surface area contributed by atoms with E-state index in [0.717, 1.165) is 18.8 Å². The number of hydrogen-bond acceptors (Lipinski definition) is 4. The molecule has 2 amide bonds. The largest absolute Gasteiger partial charge is 0.368 e. The Labute approximate surface area is 135 Å². The Morgan fingerprint density at radius 1 is 1.32 bits per heavy atom. The van der Waals surface area contributed by atoms with Crippen LogP contribution in [0.4, 0.5) is 5.69 Å². The Morgan fingerprint density at radius 2 is 2.00 bits per heavy atom. The van der Waals surface area contributed by atoms with Crippen molar-refractivity contribution in [3.8, 4) is 0 Å². The van der Waals surface area contributed by atoms with E-state index in [1.54, 1.807) is 11.8 Å².